The monoisotopic (exact) mass is 522 g/mol. The third-order valence-electron chi connectivity index (χ3n) is 6.00. The van der Waals surface area contributed by atoms with Crippen LogP contribution in [0.5, 0.6) is 11.5 Å². The SMILES string of the molecule is COc1cc2c(OC)cccc2cc1C(=O)N[C@@H](CCCNC(=N)CF)c1ncc(-c2cccc(F)c2)o1. The Morgan fingerprint density at radius 1 is 1.11 bits per heavy atom. The summed E-state index contributed by atoms with van der Waals surface area (Å²) in [5, 5.41) is 14.7. The van der Waals surface area contributed by atoms with E-state index in [2.05, 4.69) is 15.6 Å². The van der Waals surface area contributed by atoms with Gasteiger partial charge < -0.3 is 24.5 Å². The molecule has 3 N–H and O–H groups in total. The van der Waals surface area contributed by atoms with Crippen molar-refractivity contribution in [3.63, 3.8) is 0 Å². The zero-order chi connectivity index (χ0) is 27.1. The first-order valence-corrected chi connectivity index (χ1v) is 12.0. The van der Waals surface area contributed by atoms with Gasteiger partial charge in [-0.05, 0) is 48.6 Å². The Hall–Kier alpha value is -4.47. The summed E-state index contributed by atoms with van der Waals surface area (Å²) in [7, 11) is 3.06. The van der Waals surface area contributed by atoms with E-state index in [9.17, 15) is 13.6 Å². The van der Waals surface area contributed by atoms with E-state index in [0.29, 0.717) is 47.8 Å². The molecule has 0 saturated carbocycles. The number of nitrogens with one attached hydrogen (secondary N) is 3. The second-order valence-electron chi connectivity index (χ2n) is 8.51. The van der Waals surface area contributed by atoms with Crippen molar-refractivity contribution in [1.29, 1.82) is 5.41 Å². The molecule has 4 rings (SSSR count). The van der Waals surface area contributed by atoms with Crippen molar-refractivity contribution in [1.82, 2.24) is 15.6 Å². The number of alkyl halides is 1. The fraction of sp³-hybridized carbons (Fsp3) is 0.250. The van der Waals surface area contributed by atoms with Gasteiger partial charge in [0.1, 0.15) is 35.9 Å². The van der Waals surface area contributed by atoms with E-state index in [1.165, 1.54) is 25.4 Å². The molecule has 0 saturated heterocycles. The largest absolute Gasteiger partial charge is 0.496 e. The number of carbonyl (C=O) groups excluding carboxylic acids is 1. The molecule has 0 fully saturated rings. The van der Waals surface area contributed by atoms with E-state index in [1.54, 1.807) is 31.4 Å². The van der Waals surface area contributed by atoms with Crippen LogP contribution < -0.4 is 20.1 Å². The van der Waals surface area contributed by atoms with Gasteiger partial charge in [-0.15, -0.1) is 0 Å². The molecular weight excluding hydrogens is 494 g/mol. The lowest BCUT2D eigenvalue weighted by atomic mass is 10.0. The summed E-state index contributed by atoms with van der Waals surface area (Å²) in [4.78, 5) is 17.8. The molecule has 1 heterocycles. The summed E-state index contributed by atoms with van der Waals surface area (Å²) in [6, 6.07) is 14.3. The molecule has 10 heteroatoms. The second kappa shape index (κ2) is 12.2. The van der Waals surface area contributed by atoms with Crippen LogP contribution in [0.15, 0.2) is 65.2 Å². The number of hydrogen-bond donors (Lipinski definition) is 3. The van der Waals surface area contributed by atoms with Gasteiger partial charge in [0.15, 0.2) is 5.76 Å². The van der Waals surface area contributed by atoms with Crippen LogP contribution in [0.3, 0.4) is 0 Å². The van der Waals surface area contributed by atoms with Crippen molar-refractivity contribution in [2.75, 3.05) is 27.4 Å². The lowest BCUT2D eigenvalue weighted by Crippen LogP contribution is -2.31. The number of nitrogens with zero attached hydrogens (tertiary/aromatic N) is 1. The van der Waals surface area contributed by atoms with Crippen molar-refractivity contribution < 1.29 is 27.5 Å². The molecule has 0 aliphatic carbocycles. The number of amides is 1. The summed E-state index contributed by atoms with van der Waals surface area (Å²) >= 11 is 0. The van der Waals surface area contributed by atoms with Crippen molar-refractivity contribution >= 4 is 22.5 Å². The predicted molar refractivity (Wildman–Crippen MR) is 140 cm³/mol. The minimum absolute atomic E-state index is 0.216. The van der Waals surface area contributed by atoms with Crippen molar-refractivity contribution in [2.24, 2.45) is 0 Å². The van der Waals surface area contributed by atoms with Gasteiger partial charge in [-0.2, -0.15) is 0 Å². The molecule has 0 aliphatic rings. The predicted octanol–water partition coefficient (Wildman–Crippen LogP) is 5.44. The number of amidine groups is 1. The molecule has 0 unspecified atom stereocenters. The number of hydrogen-bond acceptors (Lipinski definition) is 6. The number of rotatable bonds is 11. The summed E-state index contributed by atoms with van der Waals surface area (Å²) in [6.45, 7) is -0.560. The summed E-state index contributed by atoms with van der Waals surface area (Å²) < 4.78 is 43.2. The van der Waals surface area contributed by atoms with E-state index in [0.717, 1.165) is 10.8 Å². The first kappa shape index (κ1) is 26.6. The fourth-order valence-electron chi connectivity index (χ4n) is 4.11. The van der Waals surface area contributed by atoms with Crippen molar-refractivity contribution in [3.8, 4) is 22.8 Å². The molecule has 1 aromatic heterocycles. The van der Waals surface area contributed by atoms with Crippen molar-refractivity contribution in [2.45, 2.75) is 18.9 Å². The van der Waals surface area contributed by atoms with Crippen LogP contribution in [0.25, 0.3) is 22.1 Å². The Balaban J connectivity index is 1.61. The van der Waals surface area contributed by atoms with Crippen LogP contribution in [-0.4, -0.2) is 44.2 Å². The molecule has 38 heavy (non-hydrogen) atoms. The van der Waals surface area contributed by atoms with Gasteiger partial charge in [0, 0.05) is 17.5 Å². The molecule has 4 aromatic rings. The highest BCUT2D eigenvalue weighted by Crippen LogP contribution is 2.33. The number of benzene rings is 3. The Labute approximate surface area is 218 Å². The number of aromatic nitrogens is 1. The van der Waals surface area contributed by atoms with Gasteiger partial charge in [-0.25, -0.2) is 13.8 Å². The zero-order valence-electron chi connectivity index (χ0n) is 21.0. The normalized spacial score (nSPS) is 11.7. The molecule has 1 atom stereocenters. The van der Waals surface area contributed by atoms with Gasteiger partial charge in [-0.1, -0.05) is 24.3 Å². The maximum atomic E-state index is 13.7. The van der Waals surface area contributed by atoms with E-state index in [1.807, 2.05) is 18.2 Å². The number of halogens is 2. The zero-order valence-corrected chi connectivity index (χ0v) is 21.0. The summed E-state index contributed by atoms with van der Waals surface area (Å²) in [5.74, 6) is 0.571. The number of carbonyl (C=O) groups is 1. The van der Waals surface area contributed by atoms with Gasteiger partial charge in [0.2, 0.25) is 5.89 Å². The molecular formula is C28H28F2N4O4. The summed E-state index contributed by atoms with van der Waals surface area (Å²) in [6.07, 6.45) is 2.34. The number of methoxy groups -OCH3 is 2. The highest BCUT2D eigenvalue weighted by Gasteiger charge is 2.23. The quantitative estimate of drug-likeness (QED) is 0.138. The molecule has 198 valence electrons. The Bertz CT molecular complexity index is 1440. The van der Waals surface area contributed by atoms with Gasteiger partial charge >= 0.3 is 0 Å². The fourth-order valence-corrected chi connectivity index (χ4v) is 4.11. The molecule has 0 aliphatic heterocycles. The first-order valence-electron chi connectivity index (χ1n) is 12.0. The molecule has 0 spiro atoms. The van der Waals surface area contributed by atoms with Crippen LogP contribution in [0, 0.1) is 11.2 Å². The minimum atomic E-state index is -0.885. The van der Waals surface area contributed by atoms with Crippen LogP contribution in [-0.2, 0) is 0 Å². The van der Waals surface area contributed by atoms with E-state index in [4.69, 9.17) is 19.3 Å². The van der Waals surface area contributed by atoms with Crippen LogP contribution in [0.2, 0.25) is 0 Å². The average Bonchev–Trinajstić information content (AvgIpc) is 3.43. The summed E-state index contributed by atoms with van der Waals surface area (Å²) in [5.41, 5.74) is 0.824. The average molecular weight is 523 g/mol. The van der Waals surface area contributed by atoms with Gasteiger partial charge in [0.05, 0.1) is 26.0 Å². The molecule has 8 nitrogen and oxygen atoms in total. The highest BCUT2D eigenvalue weighted by molar-refractivity contribution is 6.03. The standard InChI is InChI=1S/C28H28F2N4O4/c1-36-23-10-4-6-17-13-21(24(37-2)14-20(17)23)27(35)34-22(9-5-11-32-26(31)15-29)28-33-16-25(38-28)18-7-3-8-19(30)12-18/h3-4,6-8,10,12-14,16,22H,5,9,11,15H2,1-2H3,(H2,31,32)(H,34,35)/t22-/m0/s1. The highest BCUT2D eigenvalue weighted by atomic mass is 19.1. The molecule has 3 aromatic carbocycles. The van der Waals surface area contributed by atoms with E-state index in [-0.39, 0.29) is 11.7 Å². The third kappa shape index (κ3) is 6.08. The first-order chi connectivity index (χ1) is 18.4. The van der Waals surface area contributed by atoms with Gasteiger partial charge in [-0.3, -0.25) is 10.2 Å². The lowest BCUT2D eigenvalue weighted by Gasteiger charge is -2.18. The molecule has 0 bridgehead atoms. The minimum Gasteiger partial charge on any atom is -0.496 e. The molecule has 0 radical (unpaired) electrons. The Morgan fingerprint density at radius 3 is 2.63 bits per heavy atom. The lowest BCUT2D eigenvalue weighted by molar-refractivity contribution is 0.0924. The smallest absolute Gasteiger partial charge is 0.255 e. The van der Waals surface area contributed by atoms with Crippen molar-refractivity contribution in [3.05, 3.63) is 78.1 Å². The van der Waals surface area contributed by atoms with Crippen LogP contribution >= 0.6 is 0 Å². The second-order valence-corrected chi connectivity index (χ2v) is 8.51. The van der Waals surface area contributed by atoms with Gasteiger partial charge in [0.25, 0.3) is 5.91 Å². The number of oxazole rings is 1. The maximum Gasteiger partial charge on any atom is 0.255 e. The number of fused-ring (bicyclic) bond motifs is 1. The van der Waals surface area contributed by atoms with Crippen LogP contribution in [0.1, 0.15) is 35.1 Å². The van der Waals surface area contributed by atoms with E-state index >= 15 is 0 Å². The maximum absolute atomic E-state index is 13.7. The third-order valence-corrected chi connectivity index (χ3v) is 6.00. The van der Waals surface area contributed by atoms with Crippen LogP contribution in [0.4, 0.5) is 8.78 Å². The topological polar surface area (TPSA) is 109 Å². The molecule has 1 amide bonds. The Kier molecular flexibility index (Phi) is 8.52. The van der Waals surface area contributed by atoms with E-state index < -0.39 is 24.4 Å². The Morgan fingerprint density at radius 2 is 1.89 bits per heavy atom. The number of ether oxygens (including phenoxy) is 2.